The molecule has 0 aromatic rings. The molecule has 3 atom stereocenters. The van der Waals surface area contributed by atoms with Gasteiger partial charge in [0.15, 0.2) is 0 Å². The van der Waals surface area contributed by atoms with Gasteiger partial charge in [-0.2, -0.15) is 0 Å². The maximum atomic E-state index is 9.08. The summed E-state index contributed by atoms with van der Waals surface area (Å²) >= 11 is 0. The first kappa shape index (κ1) is 8.81. The second-order valence-electron chi connectivity index (χ2n) is 3.63. The summed E-state index contributed by atoms with van der Waals surface area (Å²) in [7, 11) is 0. The largest absolute Gasteiger partial charge is 0.459 e. The van der Waals surface area contributed by atoms with Gasteiger partial charge in [-0.15, -0.1) is 0 Å². The van der Waals surface area contributed by atoms with Crippen LogP contribution in [0.5, 0.6) is 0 Å². The molecule has 4 heteroatoms. The van der Waals surface area contributed by atoms with Gasteiger partial charge in [0.2, 0.25) is 0 Å². The first-order valence-electron chi connectivity index (χ1n) is 4.93. The first-order chi connectivity index (χ1) is 6.35. The van der Waals surface area contributed by atoms with E-state index in [1.807, 2.05) is 6.92 Å². The van der Waals surface area contributed by atoms with Crippen LogP contribution in [0.2, 0.25) is 0 Å². The van der Waals surface area contributed by atoms with E-state index in [2.05, 4.69) is 10.3 Å². The lowest BCUT2D eigenvalue weighted by Gasteiger charge is -2.13. The molecule has 2 rings (SSSR count). The molecule has 0 aromatic carbocycles. The number of nitrogens with zero attached hydrogens (tertiary/aromatic N) is 1. The molecule has 13 heavy (non-hydrogen) atoms. The van der Waals surface area contributed by atoms with Crippen LogP contribution in [-0.2, 0) is 4.74 Å². The minimum absolute atomic E-state index is 0.148. The highest BCUT2D eigenvalue weighted by atomic mass is 16.5. The molecular weight excluding hydrogens is 168 g/mol. The molecule has 1 saturated heterocycles. The van der Waals surface area contributed by atoms with E-state index in [0.29, 0.717) is 18.0 Å². The molecule has 1 heterocycles. The molecule has 0 amide bonds. The Kier molecular flexibility index (Phi) is 2.40. The SMILES string of the molecule is CCN=C1NC2CCC(CO)C2O1. The quantitative estimate of drug-likeness (QED) is 0.641. The van der Waals surface area contributed by atoms with Gasteiger partial charge in [-0.3, -0.25) is 0 Å². The Hall–Kier alpha value is -0.770. The molecule has 2 N–H and O–H groups in total. The summed E-state index contributed by atoms with van der Waals surface area (Å²) in [5, 5.41) is 12.3. The Morgan fingerprint density at radius 3 is 3.15 bits per heavy atom. The smallest absolute Gasteiger partial charge is 0.285 e. The molecule has 0 bridgehead atoms. The average molecular weight is 184 g/mol. The van der Waals surface area contributed by atoms with Crippen molar-refractivity contribution >= 4 is 6.02 Å². The Morgan fingerprint density at radius 1 is 1.62 bits per heavy atom. The predicted octanol–water partition coefficient (Wildman–Crippen LogP) is 0.122. The van der Waals surface area contributed by atoms with Crippen LogP contribution in [0.15, 0.2) is 4.99 Å². The molecule has 4 nitrogen and oxygen atoms in total. The van der Waals surface area contributed by atoms with Crippen LogP contribution in [0.4, 0.5) is 0 Å². The fourth-order valence-electron chi connectivity index (χ4n) is 2.13. The van der Waals surface area contributed by atoms with Crippen LogP contribution in [0.1, 0.15) is 19.8 Å². The minimum atomic E-state index is 0.148. The summed E-state index contributed by atoms with van der Waals surface area (Å²) < 4.78 is 5.61. The van der Waals surface area contributed by atoms with E-state index in [4.69, 9.17) is 9.84 Å². The van der Waals surface area contributed by atoms with Gasteiger partial charge in [0, 0.05) is 19.1 Å². The van der Waals surface area contributed by atoms with Gasteiger partial charge in [0.25, 0.3) is 6.02 Å². The van der Waals surface area contributed by atoms with E-state index in [-0.39, 0.29) is 12.7 Å². The number of rotatable bonds is 2. The number of aliphatic imine (C=N–C) groups is 1. The monoisotopic (exact) mass is 184 g/mol. The number of ether oxygens (including phenoxy) is 1. The number of aliphatic hydroxyl groups excluding tert-OH is 1. The van der Waals surface area contributed by atoms with Gasteiger partial charge in [-0.05, 0) is 19.8 Å². The zero-order valence-electron chi connectivity index (χ0n) is 7.86. The Balaban J connectivity index is 2.01. The second-order valence-corrected chi connectivity index (χ2v) is 3.63. The molecule has 1 aliphatic heterocycles. The van der Waals surface area contributed by atoms with Gasteiger partial charge in [-0.25, -0.2) is 4.99 Å². The first-order valence-corrected chi connectivity index (χ1v) is 4.93. The van der Waals surface area contributed by atoms with E-state index in [1.54, 1.807) is 0 Å². The normalized spacial score (nSPS) is 40.2. The summed E-state index contributed by atoms with van der Waals surface area (Å²) in [6.07, 6.45) is 2.28. The van der Waals surface area contributed by atoms with Gasteiger partial charge in [0.05, 0.1) is 6.04 Å². The molecule has 1 saturated carbocycles. The Morgan fingerprint density at radius 2 is 2.46 bits per heavy atom. The topological polar surface area (TPSA) is 53.9 Å². The van der Waals surface area contributed by atoms with Crippen molar-refractivity contribution in [3.8, 4) is 0 Å². The van der Waals surface area contributed by atoms with E-state index in [1.165, 1.54) is 0 Å². The fourth-order valence-corrected chi connectivity index (χ4v) is 2.13. The second kappa shape index (κ2) is 3.54. The number of hydrogen-bond donors (Lipinski definition) is 2. The van der Waals surface area contributed by atoms with Crippen molar-refractivity contribution < 1.29 is 9.84 Å². The molecule has 0 aromatic heterocycles. The van der Waals surface area contributed by atoms with Gasteiger partial charge >= 0.3 is 0 Å². The molecule has 2 aliphatic rings. The summed E-state index contributed by atoms with van der Waals surface area (Å²) in [6, 6.07) is 1.04. The minimum Gasteiger partial charge on any atom is -0.459 e. The zero-order chi connectivity index (χ0) is 9.26. The van der Waals surface area contributed by atoms with Crippen LogP contribution >= 0.6 is 0 Å². The summed E-state index contributed by atoms with van der Waals surface area (Å²) in [6.45, 7) is 2.95. The van der Waals surface area contributed by atoms with Crippen molar-refractivity contribution in [2.45, 2.75) is 31.9 Å². The molecule has 3 unspecified atom stereocenters. The van der Waals surface area contributed by atoms with Crippen molar-refractivity contribution in [3.63, 3.8) is 0 Å². The molecule has 0 radical (unpaired) electrons. The highest BCUT2D eigenvalue weighted by molar-refractivity contribution is 5.76. The van der Waals surface area contributed by atoms with Crippen molar-refractivity contribution in [1.82, 2.24) is 5.32 Å². The summed E-state index contributed by atoms with van der Waals surface area (Å²) in [4.78, 5) is 4.18. The summed E-state index contributed by atoms with van der Waals surface area (Å²) in [5.41, 5.74) is 0. The maximum absolute atomic E-state index is 9.08. The zero-order valence-corrected chi connectivity index (χ0v) is 7.86. The Labute approximate surface area is 78.0 Å². The maximum Gasteiger partial charge on any atom is 0.285 e. The third kappa shape index (κ3) is 1.50. The van der Waals surface area contributed by atoms with Crippen molar-refractivity contribution in [2.24, 2.45) is 10.9 Å². The fraction of sp³-hybridized carbons (Fsp3) is 0.889. The molecule has 0 spiro atoms. The third-order valence-electron chi connectivity index (χ3n) is 2.80. The molecular formula is C9H16N2O2. The average Bonchev–Trinajstić information content (AvgIpc) is 2.63. The van der Waals surface area contributed by atoms with E-state index in [0.717, 1.165) is 19.4 Å². The van der Waals surface area contributed by atoms with Gasteiger partial charge in [0.1, 0.15) is 6.10 Å². The van der Waals surface area contributed by atoms with Crippen LogP contribution in [-0.4, -0.2) is 36.4 Å². The van der Waals surface area contributed by atoms with E-state index in [9.17, 15) is 0 Å². The lowest BCUT2D eigenvalue weighted by molar-refractivity contribution is 0.112. The number of fused-ring (bicyclic) bond motifs is 1. The molecule has 1 aliphatic carbocycles. The number of hydrogen-bond acceptors (Lipinski definition) is 3. The Bertz CT molecular complexity index is 218. The van der Waals surface area contributed by atoms with Crippen molar-refractivity contribution in [3.05, 3.63) is 0 Å². The molecule has 2 fully saturated rings. The van der Waals surface area contributed by atoms with Crippen LogP contribution in [0.25, 0.3) is 0 Å². The number of aliphatic hydroxyl groups is 1. The number of amidine groups is 1. The lowest BCUT2D eigenvalue weighted by Crippen LogP contribution is -2.29. The van der Waals surface area contributed by atoms with Gasteiger partial charge < -0.3 is 15.2 Å². The van der Waals surface area contributed by atoms with Crippen LogP contribution < -0.4 is 5.32 Å². The van der Waals surface area contributed by atoms with Gasteiger partial charge in [-0.1, -0.05) is 0 Å². The standard InChI is InChI=1S/C9H16N2O2/c1-2-10-9-11-7-4-3-6(5-12)8(7)13-9/h6-8,12H,2-5H2,1H3,(H,10,11). The predicted molar refractivity (Wildman–Crippen MR) is 49.6 cm³/mol. The number of nitrogens with one attached hydrogen (secondary N) is 1. The van der Waals surface area contributed by atoms with E-state index < -0.39 is 0 Å². The molecule has 74 valence electrons. The highest BCUT2D eigenvalue weighted by Crippen LogP contribution is 2.31. The van der Waals surface area contributed by atoms with Crippen molar-refractivity contribution in [2.75, 3.05) is 13.2 Å². The van der Waals surface area contributed by atoms with Crippen molar-refractivity contribution in [1.29, 1.82) is 0 Å². The van der Waals surface area contributed by atoms with E-state index >= 15 is 0 Å². The summed E-state index contributed by atoms with van der Waals surface area (Å²) in [5.74, 6) is 0.294. The van der Waals surface area contributed by atoms with Crippen LogP contribution in [0.3, 0.4) is 0 Å². The van der Waals surface area contributed by atoms with Crippen LogP contribution in [0, 0.1) is 5.92 Å². The highest BCUT2D eigenvalue weighted by Gasteiger charge is 2.43. The lowest BCUT2D eigenvalue weighted by atomic mass is 10.1. The third-order valence-corrected chi connectivity index (χ3v) is 2.80.